The van der Waals surface area contributed by atoms with Gasteiger partial charge in [0.25, 0.3) is 5.69 Å². The molecule has 2 N–H and O–H groups in total. The zero-order chi connectivity index (χ0) is 21.5. The largest absolute Gasteiger partial charge is 0.633 e. The molecule has 0 bridgehead atoms. The molecule has 0 spiro atoms. The van der Waals surface area contributed by atoms with Gasteiger partial charge in [0.1, 0.15) is 11.5 Å². The van der Waals surface area contributed by atoms with Crippen LogP contribution in [0.3, 0.4) is 0 Å². The molecule has 1 saturated heterocycles. The molecule has 14 heteroatoms. The number of rotatable bonds is 10. The molecule has 1 unspecified atom stereocenters. The van der Waals surface area contributed by atoms with Gasteiger partial charge in [0.15, 0.2) is 5.82 Å². The number of nitro groups is 1. The van der Waals surface area contributed by atoms with Gasteiger partial charge in [-0.25, -0.2) is 4.39 Å². The van der Waals surface area contributed by atoms with E-state index in [-0.39, 0.29) is 24.0 Å². The fraction of sp³-hybridized carbons (Fsp3) is 0.562. The summed E-state index contributed by atoms with van der Waals surface area (Å²) in [5.41, 5.74) is -0.371. The van der Waals surface area contributed by atoms with E-state index in [0.29, 0.717) is 51.4 Å². The quantitative estimate of drug-likeness (QED) is 0.235. The Morgan fingerprint density at radius 3 is 2.80 bits per heavy atom. The predicted molar refractivity (Wildman–Crippen MR) is 101 cm³/mol. The molecule has 1 aliphatic heterocycles. The Kier molecular flexibility index (Phi) is 7.76. The molecule has 1 aromatic heterocycles. The predicted octanol–water partition coefficient (Wildman–Crippen LogP) is 0.239. The molecule has 1 aliphatic rings. The van der Waals surface area contributed by atoms with Gasteiger partial charge in [0.2, 0.25) is 0 Å². The first-order valence-electron chi connectivity index (χ1n) is 9.49. The standard InChI is InChI=1S/C16H22BFN6O6/c18-13-5-4-12(24(27)28)11-15(13)23-16(19-20-21-23)14(22-6-9-29-10-7-22)3-1-2-8-30-17(25)26/h4-5,11,14,25-26H,1-3,6-10H2. The van der Waals surface area contributed by atoms with Crippen molar-refractivity contribution < 1.29 is 28.8 Å². The van der Waals surface area contributed by atoms with Crippen LogP contribution in [0.15, 0.2) is 18.2 Å². The van der Waals surface area contributed by atoms with E-state index < -0.39 is 18.1 Å². The van der Waals surface area contributed by atoms with E-state index in [2.05, 4.69) is 20.4 Å². The van der Waals surface area contributed by atoms with Crippen LogP contribution in [0, 0.1) is 15.9 Å². The van der Waals surface area contributed by atoms with Gasteiger partial charge in [-0.3, -0.25) is 15.0 Å². The van der Waals surface area contributed by atoms with Crippen molar-refractivity contribution in [3.8, 4) is 5.69 Å². The summed E-state index contributed by atoms with van der Waals surface area (Å²) in [5.74, 6) is -0.320. The van der Waals surface area contributed by atoms with Gasteiger partial charge in [-0.15, -0.1) is 5.10 Å². The molecule has 162 valence electrons. The van der Waals surface area contributed by atoms with Crippen molar-refractivity contribution in [2.45, 2.75) is 25.3 Å². The molecule has 1 fully saturated rings. The molecule has 0 radical (unpaired) electrons. The number of hydrogen-bond acceptors (Lipinski definition) is 10. The summed E-state index contributed by atoms with van der Waals surface area (Å²) in [6.45, 7) is 2.48. The highest BCUT2D eigenvalue weighted by Crippen LogP contribution is 2.29. The van der Waals surface area contributed by atoms with Crippen LogP contribution in [0.4, 0.5) is 10.1 Å². The lowest BCUT2D eigenvalue weighted by Crippen LogP contribution is -2.40. The SMILES string of the molecule is O=[N+]([O-])c1ccc(F)c(-n2nnnc2C(CCCCOB(O)O)N2CCOCC2)c1. The minimum absolute atomic E-state index is 0.103. The van der Waals surface area contributed by atoms with Crippen molar-refractivity contribution in [1.29, 1.82) is 0 Å². The third-order valence-corrected chi connectivity index (χ3v) is 4.79. The van der Waals surface area contributed by atoms with Gasteiger partial charge in [-0.1, -0.05) is 0 Å². The Morgan fingerprint density at radius 1 is 1.33 bits per heavy atom. The van der Waals surface area contributed by atoms with E-state index in [4.69, 9.17) is 19.4 Å². The molecule has 12 nitrogen and oxygen atoms in total. The molecular formula is C16H22BFN6O6. The number of ether oxygens (including phenoxy) is 1. The normalized spacial score (nSPS) is 15.8. The number of morpholine rings is 1. The first kappa shape index (κ1) is 22.2. The number of nitrogens with zero attached hydrogens (tertiary/aromatic N) is 6. The van der Waals surface area contributed by atoms with Crippen LogP contribution in [0.5, 0.6) is 0 Å². The average molecular weight is 424 g/mol. The van der Waals surface area contributed by atoms with Crippen molar-refractivity contribution in [3.63, 3.8) is 0 Å². The Bertz CT molecular complexity index is 849. The highest BCUT2D eigenvalue weighted by Gasteiger charge is 2.29. The smallest absolute Gasteiger partial charge is 0.402 e. The van der Waals surface area contributed by atoms with Crippen LogP contribution in [-0.4, -0.2) is 80.3 Å². The maximum absolute atomic E-state index is 14.5. The fourth-order valence-electron chi connectivity index (χ4n) is 3.34. The Morgan fingerprint density at radius 2 is 2.10 bits per heavy atom. The minimum atomic E-state index is -1.82. The molecule has 2 heterocycles. The van der Waals surface area contributed by atoms with Crippen molar-refractivity contribution >= 4 is 13.0 Å². The van der Waals surface area contributed by atoms with E-state index in [1.807, 2.05) is 0 Å². The molecule has 0 aliphatic carbocycles. The van der Waals surface area contributed by atoms with Gasteiger partial charge in [0, 0.05) is 31.8 Å². The van der Waals surface area contributed by atoms with Gasteiger partial charge in [-0.2, -0.15) is 4.68 Å². The molecule has 0 saturated carbocycles. The van der Waals surface area contributed by atoms with Gasteiger partial charge in [0.05, 0.1) is 24.2 Å². The van der Waals surface area contributed by atoms with Crippen LogP contribution in [0.1, 0.15) is 31.1 Å². The zero-order valence-electron chi connectivity index (χ0n) is 16.1. The lowest BCUT2D eigenvalue weighted by molar-refractivity contribution is -0.384. The average Bonchev–Trinajstić information content (AvgIpc) is 3.20. The number of nitro benzene ring substituents is 1. The van der Waals surface area contributed by atoms with E-state index in [1.165, 1.54) is 4.68 Å². The van der Waals surface area contributed by atoms with Crippen molar-refractivity contribution in [2.75, 3.05) is 32.9 Å². The maximum atomic E-state index is 14.5. The highest BCUT2D eigenvalue weighted by atomic mass is 19.1. The number of non-ortho nitro benzene ring substituents is 1. The van der Waals surface area contributed by atoms with Gasteiger partial charge in [-0.05, 0) is 35.8 Å². The van der Waals surface area contributed by atoms with Crippen molar-refractivity contribution in [3.05, 3.63) is 40.0 Å². The van der Waals surface area contributed by atoms with Gasteiger partial charge >= 0.3 is 7.32 Å². The molecule has 30 heavy (non-hydrogen) atoms. The number of tetrazole rings is 1. The topological polar surface area (TPSA) is 149 Å². The molecule has 0 amide bonds. The van der Waals surface area contributed by atoms with Crippen molar-refractivity contribution in [2.24, 2.45) is 0 Å². The third-order valence-electron chi connectivity index (χ3n) is 4.79. The Balaban J connectivity index is 1.85. The number of halogens is 1. The number of hydrogen-bond donors (Lipinski definition) is 2. The molecule has 1 aromatic carbocycles. The van der Waals surface area contributed by atoms with E-state index in [9.17, 15) is 14.5 Å². The molecule has 3 rings (SSSR count). The first-order valence-corrected chi connectivity index (χ1v) is 9.49. The number of benzene rings is 1. The highest BCUT2D eigenvalue weighted by molar-refractivity contribution is 6.32. The summed E-state index contributed by atoms with van der Waals surface area (Å²) in [4.78, 5) is 12.6. The molecular weight excluding hydrogens is 402 g/mol. The monoisotopic (exact) mass is 424 g/mol. The summed E-state index contributed by atoms with van der Waals surface area (Å²) in [6.07, 6.45) is 1.80. The third kappa shape index (κ3) is 5.55. The van der Waals surface area contributed by atoms with E-state index in [0.717, 1.165) is 18.2 Å². The lowest BCUT2D eigenvalue weighted by Gasteiger charge is -2.33. The van der Waals surface area contributed by atoms with Crippen LogP contribution >= 0.6 is 0 Å². The van der Waals surface area contributed by atoms with E-state index >= 15 is 0 Å². The first-order chi connectivity index (χ1) is 14.5. The lowest BCUT2D eigenvalue weighted by atomic mass is 10.1. The van der Waals surface area contributed by atoms with Crippen LogP contribution in [-0.2, 0) is 9.39 Å². The Hall–Kier alpha value is -2.52. The molecule has 2 aromatic rings. The summed E-state index contributed by atoms with van der Waals surface area (Å²) in [7, 11) is -1.82. The summed E-state index contributed by atoms with van der Waals surface area (Å²) in [6, 6.07) is 2.90. The second kappa shape index (κ2) is 10.5. The van der Waals surface area contributed by atoms with E-state index in [1.54, 1.807) is 0 Å². The van der Waals surface area contributed by atoms with Crippen LogP contribution < -0.4 is 0 Å². The summed E-state index contributed by atoms with van der Waals surface area (Å²) in [5, 5.41) is 40.3. The summed E-state index contributed by atoms with van der Waals surface area (Å²) < 4.78 is 25.8. The van der Waals surface area contributed by atoms with Crippen LogP contribution in [0.25, 0.3) is 5.69 Å². The number of aromatic nitrogens is 4. The Labute approximate surface area is 171 Å². The zero-order valence-corrected chi connectivity index (χ0v) is 16.1. The maximum Gasteiger partial charge on any atom is 0.633 e. The second-order valence-electron chi connectivity index (χ2n) is 6.70. The van der Waals surface area contributed by atoms with Crippen LogP contribution in [0.2, 0.25) is 0 Å². The second-order valence-corrected chi connectivity index (χ2v) is 6.70. The molecule has 1 atom stereocenters. The number of unbranched alkanes of at least 4 members (excludes halogenated alkanes) is 1. The van der Waals surface area contributed by atoms with Crippen molar-refractivity contribution in [1.82, 2.24) is 25.1 Å². The van der Waals surface area contributed by atoms with Gasteiger partial charge < -0.3 is 19.4 Å². The fourth-order valence-corrected chi connectivity index (χ4v) is 3.34. The summed E-state index contributed by atoms with van der Waals surface area (Å²) >= 11 is 0. The minimum Gasteiger partial charge on any atom is -0.402 e.